The van der Waals surface area contributed by atoms with Crippen LogP contribution in [0.15, 0.2) is 92.0 Å². The van der Waals surface area contributed by atoms with Crippen LogP contribution < -0.4 is 16.5 Å². The second kappa shape index (κ2) is 19.0. The van der Waals surface area contributed by atoms with Crippen molar-refractivity contribution in [3.8, 4) is 11.4 Å². The number of carbonyl (C=O) groups is 2. The molecule has 1 amide bonds. The highest BCUT2D eigenvalue weighted by atomic mass is 35.5. The summed E-state index contributed by atoms with van der Waals surface area (Å²) >= 11 is 7.79. The number of rotatable bonds is 14. The van der Waals surface area contributed by atoms with Crippen LogP contribution in [0.5, 0.6) is 0 Å². The minimum Gasteiger partial charge on any atom is -0.481 e. The molecule has 0 fully saturated rings. The third-order valence-electron chi connectivity index (χ3n) is 5.26. The number of nitrogens with one attached hydrogen (secondary N) is 2. The van der Waals surface area contributed by atoms with E-state index in [1.54, 1.807) is 66.7 Å². The molecule has 4 aromatic rings. The molecule has 0 saturated carbocycles. The van der Waals surface area contributed by atoms with Crippen LogP contribution in [-0.2, 0) is 29.3 Å². The van der Waals surface area contributed by atoms with E-state index >= 15 is 0 Å². The number of nitrogens with two attached hydrogens (primary N) is 1. The predicted octanol–water partition coefficient (Wildman–Crippen LogP) is 4.60. The molecule has 8 N–H and O–H groups in total. The maximum atomic E-state index is 12.8. The van der Waals surface area contributed by atoms with E-state index in [9.17, 15) is 18.0 Å². The molecule has 3 aromatic carbocycles. The first kappa shape index (κ1) is 39.1. The minimum absolute atomic E-state index is 0. The molecule has 0 bridgehead atoms. The Morgan fingerprint density at radius 3 is 2.52 bits per heavy atom. The zero-order chi connectivity index (χ0) is 35.2. The van der Waals surface area contributed by atoms with Gasteiger partial charge < -0.3 is 26.1 Å². The fraction of sp³-hybridized carbons (Fsp3) is 0.0370. The number of hydrogen-bond acceptors (Lipinski definition) is 17. The summed E-state index contributed by atoms with van der Waals surface area (Å²) < 4.78 is 32.9. The number of benzene rings is 3. The van der Waals surface area contributed by atoms with E-state index in [4.69, 9.17) is 27.2 Å². The van der Waals surface area contributed by atoms with Gasteiger partial charge in [0, 0.05) is 27.1 Å². The van der Waals surface area contributed by atoms with Crippen molar-refractivity contribution in [1.29, 1.82) is 0 Å². The maximum absolute atomic E-state index is 12.8. The van der Waals surface area contributed by atoms with Crippen LogP contribution >= 0.6 is 35.1 Å². The number of carboxylic acid groups (broad SMARTS) is 1. The monoisotopic (exact) mass is 763 g/mol. The Kier molecular flexibility index (Phi) is 14.8. The van der Waals surface area contributed by atoms with Gasteiger partial charge in [-0.3, -0.25) is 19.0 Å². The number of aromatic nitrogens is 3. The number of halogens is 1. The number of hydrogen-bond donors (Lipinski definition) is 5. The highest BCUT2D eigenvalue weighted by Crippen LogP contribution is 2.33. The van der Waals surface area contributed by atoms with Crippen molar-refractivity contribution in [3.05, 3.63) is 77.6 Å². The van der Waals surface area contributed by atoms with Crippen LogP contribution in [0.2, 0.25) is 5.28 Å². The Bertz CT molecular complexity index is 2060. The molecule has 1 heterocycles. The molecular formula is C27H22ClN9O10S3. The lowest BCUT2D eigenvalue weighted by atomic mass is 10.2. The van der Waals surface area contributed by atoms with Crippen molar-refractivity contribution >= 4 is 98.2 Å². The van der Waals surface area contributed by atoms with Crippen LogP contribution in [0.25, 0.3) is 0 Å². The van der Waals surface area contributed by atoms with Gasteiger partial charge in [0.1, 0.15) is 5.69 Å². The van der Waals surface area contributed by atoms with Crippen LogP contribution in [0.3, 0.4) is 0 Å². The van der Waals surface area contributed by atoms with Crippen molar-refractivity contribution in [2.75, 3.05) is 16.4 Å². The Hall–Kier alpha value is -5.38. The second-order valence-corrected chi connectivity index (χ2v) is 11.9. The number of thioether (sulfide) groups is 2. The van der Waals surface area contributed by atoms with Crippen molar-refractivity contribution in [2.45, 2.75) is 10.1 Å². The molecule has 1 aromatic heterocycles. The first-order chi connectivity index (χ1) is 23.5. The summed E-state index contributed by atoms with van der Waals surface area (Å²) in [6.45, 7) is 0. The standard InChI is InChI=1S/C27H20ClN9O9S3.H2O/c28-25-33-26(35-27(34-25)48-14-23(38)39)32-19-8-9-21(22(13-19)30-15-44-29)37-36-17-6-4-16(5-7-17)24(40)31-18-2-1-3-20(12-18)47-11-10-45-46-49(41,42)43;/h1-9,12-13,15H,14,29H2,(H,31,40)(H,38,39)(H,41,42,43)(H,32,33,34,35);1H2. The van der Waals surface area contributed by atoms with Gasteiger partial charge in [-0.1, -0.05) is 17.8 Å². The van der Waals surface area contributed by atoms with Crippen molar-refractivity contribution < 1.29 is 47.2 Å². The van der Waals surface area contributed by atoms with E-state index in [-0.39, 0.29) is 27.6 Å². The van der Waals surface area contributed by atoms with Gasteiger partial charge in [0.25, 0.3) is 5.91 Å². The van der Waals surface area contributed by atoms with Crippen LogP contribution in [0, 0.1) is 11.4 Å². The first-order valence-electron chi connectivity index (χ1n) is 13.0. The quantitative estimate of drug-likeness (QED) is 0.0171. The molecule has 0 aliphatic heterocycles. The molecule has 4 rings (SSSR count). The molecule has 0 aliphatic carbocycles. The smallest absolute Gasteiger partial charge is 0.433 e. The van der Waals surface area contributed by atoms with E-state index in [0.29, 0.717) is 38.9 Å². The summed E-state index contributed by atoms with van der Waals surface area (Å²) in [5.74, 6) is 3.45. The second-order valence-electron chi connectivity index (χ2n) is 8.71. The zero-order valence-corrected chi connectivity index (χ0v) is 28.0. The third-order valence-corrected chi connectivity index (χ3v) is 7.18. The lowest BCUT2D eigenvalue weighted by molar-refractivity contribution is -0.135. The predicted molar refractivity (Wildman–Crippen MR) is 182 cm³/mol. The molecule has 0 spiro atoms. The molecule has 0 atom stereocenters. The number of aliphatic imine (C=N–C) groups is 1. The van der Waals surface area contributed by atoms with Gasteiger partial charge in [-0.15, -0.1) is 5.11 Å². The van der Waals surface area contributed by atoms with E-state index in [1.807, 2.05) is 6.11 Å². The number of carboxylic acids is 1. The number of anilines is 3. The average Bonchev–Trinajstić information content (AvgIpc) is 3.05. The normalized spacial score (nSPS) is 10.9. The Balaban J connectivity index is 0.00000676. The summed E-state index contributed by atoms with van der Waals surface area (Å²) in [4.78, 5) is 48.9. The fourth-order valence-electron chi connectivity index (χ4n) is 3.37. The molecule has 260 valence electrons. The Labute approximate surface area is 295 Å². The van der Waals surface area contributed by atoms with Crippen LogP contribution in [-0.4, -0.2) is 62.5 Å². The largest absolute Gasteiger partial charge is 0.481 e. The van der Waals surface area contributed by atoms with Crippen molar-refractivity contribution in [2.24, 2.45) is 21.1 Å². The van der Waals surface area contributed by atoms with E-state index in [2.05, 4.69) is 60.1 Å². The SMILES string of the molecule is NOC=Nc1cc(Nc2nc(Cl)nc(SCC(=O)O)n2)ccc1N=Nc1ccc(C(=O)Nc2cccc(SC#COOS(=O)(=O)O)c2)cc1.O. The highest BCUT2D eigenvalue weighted by Gasteiger charge is 2.11. The number of amides is 1. The van der Waals surface area contributed by atoms with Gasteiger partial charge in [-0.2, -0.15) is 34.4 Å². The fourth-order valence-corrected chi connectivity index (χ4v) is 4.78. The molecule has 0 aliphatic rings. The summed E-state index contributed by atoms with van der Waals surface area (Å²) in [6, 6.07) is 17.7. The summed E-state index contributed by atoms with van der Waals surface area (Å²) in [5.41, 5.74) is 2.29. The number of aliphatic carboxylic acids is 1. The minimum atomic E-state index is -4.78. The van der Waals surface area contributed by atoms with Gasteiger partial charge in [0.05, 0.1) is 17.1 Å². The van der Waals surface area contributed by atoms with Crippen molar-refractivity contribution in [1.82, 2.24) is 15.0 Å². The Morgan fingerprint density at radius 1 is 1.02 bits per heavy atom. The van der Waals surface area contributed by atoms with Gasteiger partial charge in [-0.25, -0.2) is 4.99 Å². The Morgan fingerprint density at radius 2 is 1.80 bits per heavy atom. The number of nitrogens with zero attached hydrogens (tertiary/aromatic N) is 6. The first-order valence-corrected chi connectivity index (χ1v) is 16.5. The highest BCUT2D eigenvalue weighted by molar-refractivity contribution is 8.04. The number of azo groups is 1. The average molecular weight is 764 g/mol. The van der Waals surface area contributed by atoms with Gasteiger partial charge in [-0.05, 0) is 88.4 Å². The maximum Gasteiger partial charge on any atom is 0.433 e. The molecule has 23 heteroatoms. The van der Waals surface area contributed by atoms with Crippen LogP contribution in [0.4, 0.5) is 34.4 Å². The molecule has 19 nitrogen and oxygen atoms in total. The number of carbonyl (C=O) groups excluding carboxylic acids is 1. The molecule has 0 saturated heterocycles. The third kappa shape index (κ3) is 13.3. The molecule has 0 radical (unpaired) electrons. The van der Waals surface area contributed by atoms with E-state index in [0.717, 1.165) is 29.9 Å². The summed E-state index contributed by atoms with van der Waals surface area (Å²) in [6.07, 6.45) is 2.93. The van der Waals surface area contributed by atoms with Gasteiger partial charge in [0.2, 0.25) is 17.6 Å². The molecule has 50 heavy (non-hydrogen) atoms. The van der Waals surface area contributed by atoms with Gasteiger partial charge >= 0.3 is 16.4 Å². The summed E-state index contributed by atoms with van der Waals surface area (Å²) in [7, 11) is -4.78. The molecule has 0 unspecified atom stereocenters. The lowest BCUT2D eigenvalue weighted by Gasteiger charge is -2.08. The lowest BCUT2D eigenvalue weighted by Crippen LogP contribution is -2.11. The topological polar surface area (TPSA) is 294 Å². The summed E-state index contributed by atoms with van der Waals surface area (Å²) in [5, 5.41) is 25.4. The molecular weight excluding hydrogens is 742 g/mol. The zero-order valence-electron chi connectivity index (χ0n) is 24.8. The van der Waals surface area contributed by atoms with Crippen molar-refractivity contribution in [3.63, 3.8) is 0 Å². The van der Waals surface area contributed by atoms with E-state index < -0.39 is 22.3 Å². The van der Waals surface area contributed by atoms with Gasteiger partial charge in [0.15, 0.2) is 11.3 Å². The van der Waals surface area contributed by atoms with E-state index in [1.165, 1.54) is 0 Å². The van der Waals surface area contributed by atoms with Crippen LogP contribution in [0.1, 0.15) is 10.4 Å².